The first kappa shape index (κ1) is 16.2. The van der Waals surface area contributed by atoms with Crippen LogP contribution in [0.25, 0.3) is 0 Å². The smallest absolute Gasteiger partial charge is 0.240 e. The van der Waals surface area contributed by atoms with E-state index in [9.17, 15) is 13.2 Å². The molecule has 0 bridgehead atoms. The van der Waals surface area contributed by atoms with E-state index in [-0.39, 0.29) is 29.2 Å². The number of nitrogens with one attached hydrogen (secondary N) is 2. The minimum atomic E-state index is -3.61. The molecular formula is C16H18N2O3S2. The van der Waals surface area contributed by atoms with Crippen molar-refractivity contribution in [3.8, 4) is 0 Å². The van der Waals surface area contributed by atoms with Gasteiger partial charge in [0.25, 0.3) is 0 Å². The van der Waals surface area contributed by atoms with Crippen molar-refractivity contribution in [1.29, 1.82) is 0 Å². The van der Waals surface area contributed by atoms with Crippen molar-refractivity contribution in [3.05, 3.63) is 46.2 Å². The number of fused-ring (bicyclic) bond motifs is 1. The van der Waals surface area contributed by atoms with Crippen LogP contribution in [-0.4, -0.2) is 14.3 Å². The van der Waals surface area contributed by atoms with Gasteiger partial charge in [-0.2, -0.15) is 0 Å². The van der Waals surface area contributed by atoms with Gasteiger partial charge in [-0.05, 0) is 41.1 Å². The first-order valence-electron chi connectivity index (χ1n) is 7.35. The van der Waals surface area contributed by atoms with Gasteiger partial charge in [0, 0.05) is 17.1 Å². The summed E-state index contributed by atoms with van der Waals surface area (Å²) in [7, 11) is -3.61. The largest absolute Gasteiger partial charge is 0.325 e. The summed E-state index contributed by atoms with van der Waals surface area (Å²) in [5, 5.41) is 4.72. The predicted octanol–water partition coefficient (Wildman–Crippen LogP) is 2.92. The topological polar surface area (TPSA) is 75.3 Å². The summed E-state index contributed by atoms with van der Waals surface area (Å²) in [6.45, 7) is 4.17. The third-order valence-electron chi connectivity index (χ3n) is 3.89. The summed E-state index contributed by atoms with van der Waals surface area (Å²) in [5.74, 6) is -0.276. The maximum Gasteiger partial charge on any atom is 0.240 e. The number of amides is 1. The van der Waals surface area contributed by atoms with E-state index >= 15 is 0 Å². The second kappa shape index (κ2) is 6.07. The van der Waals surface area contributed by atoms with Crippen LogP contribution in [-0.2, 0) is 21.4 Å². The lowest BCUT2D eigenvalue weighted by molar-refractivity contribution is -0.117. The van der Waals surface area contributed by atoms with Crippen molar-refractivity contribution in [1.82, 2.24) is 4.72 Å². The molecule has 122 valence electrons. The second-order valence-electron chi connectivity index (χ2n) is 5.86. The maximum absolute atomic E-state index is 12.5. The molecule has 0 saturated carbocycles. The highest BCUT2D eigenvalue weighted by molar-refractivity contribution is 7.89. The summed E-state index contributed by atoms with van der Waals surface area (Å²) in [6.07, 6.45) is 0. The van der Waals surface area contributed by atoms with E-state index in [4.69, 9.17) is 0 Å². The average molecular weight is 350 g/mol. The number of carbonyl (C=O) groups excluding carboxylic acids is 1. The molecule has 7 heteroatoms. The number of carbonyl (C=O) groups is 1. The van der Waals surface area contributed by atoms with Crippen LogP contribution in [0.4, 0.5) is 5.69 Å². The third kappa shape index (κ3) is 3.17. The van der Waals surface area contributed by atoms with Gasteiger partial charge < -0.3 is 5.32 Å². The Bertz CT molecular complexity index is 827. The number of thiophene rings is 1. The SMILES string of the molecule is CC(C)C1C(=O)Nc2ccc(S(=O)(=O)NCc3cccs3)cc21. The van der Waals surface area contributed by atoms with E-state index in [1.165, 1.54) is 17.4 Å². The average Bonchev–Trinajstić information content (AvgIpc) is 3.10. The van der Waals surface area contributed by atoms with E-state index in [0.717, 1.165) is 10.4 Å². The van der Waals surface area contributed by atoms with Crippen LogP contribution in [0.5, 0.6) is 0 Å². The highest BCUT2D eigenvalue weighted by atomic mass is 32.2. The quantitative estimate of drug-likeness (QED) is 0.870. The molecule has 0 radical (unpaired) electrons. The van der Waals surface area contributed by atoms with Crippen molar-refractivity contribution in [2.75, 3.05) is 5.32 Å². The van der Waals surface area contributed by atoms with Crippen molar-refractivity contribution in [2.24, 2.45) is 5.92 Å². The minimum Gasteiger partial charge on any atom is -0.325 e. The lowest BCUT2D eigenvalue weighted by atomic mass is 9.90. The van der Waals surface area contributed by atoms with Gasteiger partial charge in [0.15, 0.2) is 0 Å². The molecule has 5 nitrogen and oxygen atoms in total. The molecule has 0 spiro atoms. The molecule has 1 aliphatic rings. The van der Waals surface area contributed by atoms with Crippen LogP contribution in [0.3, 0.4) is 0 Å². The Kier molecular flexibility index (Phi) is 4.27. The van der Waals surface area contributed by atoms with Crippen molar-refractivity contribution < 1.29 is 13.2 Å². The molecule has 2 N–H and O–H groups in total. The highest BCUT2D eigenvalue weighted by Gasteiger charge is 2.33. The van der Waals surface area contributed by atoms with Crippen LogP contribution in [0.15, 0.2) is 40.6 Å². The van der Waals surface area contributed by atoms with Gasteiger partial charge in [-0.15, -0.1) is 11.3 Å². The fourth-order valence-corrected chi connectivity index (χ4v) is 4.53. The molecule has 23 heavy (non-hydrogen) atoms. The van der Waals surface area contributed by atoms with Crippen LogP contribution in [0.2, 0.25) is 0 Å². The van der Waals surface area contributed by atoms with Crippen LogP contribution >= 0.6 is 11.3 Å². The molecule has 1 atom stereocenters. The second-order valence-corrected chi connectivity index (χ2v) is 8.66. The molecule has 2 heterocycles. The summed E-state index contributed by atoms with van der Waals surface area (Å²) in [4.78, 5) is 13.2. The predicted molar refractivity (Wildman–Crippen MR) is 91.0 cm³/mol. The van der Waals surface area contributed by atoms with Crippen molar-refractivity contribution in [2.45, 2.75) is 31.2 Å². The molecule has 0 aliphatic carbocycles. The molecule has 1 aromatic carbocycles. The number of anilines is 1. The molecule has 3 rings (SSSR count). The van der Waals surface area contributed by atoms with E-state index < -0.39 is 10.0 Å². The van der Waals surface area contributed by atoms with Crippen molar-refractivity contribution >= 4 is 33.0 Å². The fourth-order valence-electron chi connectivity index (χ4n) is 2.76. The minimum absolute atomic E-state index is 0.0731. The van der Waals surface area contributed by atoms with Gasteiger partial charge in [0.1, 0.15) is 0 Å². The number of hydrogen-bond donors (Lipinski definition) is 2. The fraction of sp³-hybridized carbons (Fsp3) is 0.312. The summed E-state index contributed by atoms with van der Waals surface area (Å²) in [6, 6.07) is 8.56. The van der Waals surface area contributed by atoms with E-state index in [0.29, 0.717) is 5.69 Å². The zero-order valence-corrected chi connectivity index (χ0v) is 14.5. The van der Waals surface area contributed by atoms with Gasteiger partial charge >= 0.3 is 0 Å². The van der Waals surface area contributed by atoms with E-state index in [1.807, 2.05) is 31.4 Å². The Morgan fingerprint density at radius 2 is 2.09 bits per heavy atom. The lowest BCUT2D eigenvalue weighted by Crippen LogP contribution is -2.23. The van der Waals surface area contributed by atoms with Gasteiger partial charge in [0.05, 0.1) is 10.8 Å². The first-order valence-corrected chi connectivity index (χ1v) is 9.71. The Balaban J connectivity index is 1.88. The van der Waals surface area contributed by atoms with Gasteiger partial charge in [-0.3, -0.25) is 4.79 Å². The molecule has 1 unspecified atom stereocenters. The molecule has 1 amide bonds. The molecule has 0 fully saturated rings. The number of hydrogen-bond acceptors (Lipinski definition) is 4. The number of benzene rings is 1. The summed E-state index contributed by atoms with van der Waals surface area (Å²) >= 11 is 1.50. The van der Waals surface area contributed by atoms with Gasteiger partial charge in [0.2, 0.25) is 15.9 Å². The van der Waals surface area contributed by atoms with Crippen LogP contribution in [0.1, 0.15) is 30.2 Å². The molecule has 1 aliphatic heterocycles. The number of sulfonamides is 1. The van der Waals surface area contributed by atoms with E-state index in [1.54, 1.807) is 12.1 Å². The summed E-state index contributed by atoms with van der Waals surface area (Å²) in [5.41, 5.74) is 1.45. The Morgan fingerprint density at radius 1 is 1.30 bits per heavy atom. The van der Waals surface area contributed by atoms with Crippen LogP contribution < -0.4 is 10.0 Å². The van der Waals surface area contributed by atoms with Crippen LogP contribution in [0, 0.1) is 5.92 Å². The monoisotopic (exact) mass is 350 g/mol. The Hall–Kier alpha value is -1.70. The van der Waals surface area contributed by atoms with Gasteiger partial charge in [-0.1, -0.05) is 19.9 Å². The van der Waals surface area contributed by atoms with E-state index in [2.05, 4.69) is 10.0 Å². The zero-order chi connectivity index (χ0) is 16.6. The zero-order valence-electron chi connectivity index (χ0n) is 12.9. The molecule has 1 aromatic heterocycles. The standard InChI is InChI=1S/C16H18N2O3S2/c1-10(2)15-13-8-12(5-6-14(13)18-16(15)19)23(20,21)17-9-11-4-3-7-22-11/h3-8,10,15,17H,9H2,1-2H3,(H,18,19). The molecular weight excluding hydrogens is 332 g/mol. The van der Waals surface area contributed by atoms with Crippen molar-refractivity contribution in [3.63, 3.8) is 0 Å². The lowest BCUT2D eigenvalue weighted by Gasteiger charge is -2.13. The summed E-state index contributed by atoms with van der Waals surface area (Å²) < 4.78 is 27.5. The molecule has 2 aromatic rings. The Morgan fingerprint density at radius 3 is 2.74 bits per heavy atom. The Labute approximate surface area is 139 Å². The molecule has 0 saturated heterocycles. The van der Waals surface area contributed by atoms with Gasteiger partial charge in [-0.25, -0.2) is 13.1 Å². The normalized spacial score (nSPS) is 17.3. The number of rotatable bonds is 5. The highest BCUT2D eigenvalue weighted by Crippen LogP contribution is 2.38. The third-order valence-corrected chi connectivity index (χ3v) is 6.17. The first-order chi connectivity index (χ1) is 10.9. The maximum atomic E-state index is 12.5.